The maximum atomic E-state index is 12.8. The molecule has 0 spiro atoms. The molecule has 0 atom stereocenters. The molecule has 0 saturated carbocycles. The summed E-state index contributed by atoms with van der Waals surface area (Å²) in [5.41, 5.74) is 6.25. The van der Waals surface area contributed by atoms with Gasteiger partial charge in [-0.3, -0.25) is 54.3 Å². The highest BCUT2D eigenvalue weighted by Crippen LogP contribution is 2.14. The van der Waals surface area contributed by atoms with Gasteiger partial charge < -0.3 is 14.7 Å². The molecule has 0 radical (unpaired) electrons. The molecule has 0 aromatic carbocycles. The molecule has 0 aliphatic heterocycles. The van der Waals surface area contributed by atoms with Gasteiger partial charge in [0.05, 0.1) is 79.0 Å². The highest BCUT2D eigenvalue weighted by atomic mass is 16.2. The van der Waals surface area contributed by atoms with Crippen molar-refractivity contribution in [2.24, 2.45) is 0 Å². The summed E-state index contributed by atoms with van der Waals surface area (Å²) in [4.78, 5) is 75.3. The van der Waals surface area contributed by atoms with Crippen molar-refractivity contribution in [3.05, 3.63) is 241 Å². The van der Waals surface area contributed by atoms with Gasteiger partial charge in [-0.1, -0.05) is 36.4 Å². The number of pyridine rings is 8. The Morgan fingerprint density at radius 2 is 0.714 bits per heavy atom. The van der Waals surface area contributed by atoms with Crippen molar-refractivity contribution in [1.82, 2.24) is 54.6 Å². The van der Waals surface area contributed by atoms with Crippen molar-refractivity contribution >= 4 is 18.2 Å². The number of rotatable bonds is 15. The van der Waals surface area contributed by atoms with Gasteiger partial charge in [0.2, 0.25) is 6.41 Å². The number of nitrogens with zero attached hydrogens (tertiary/aromatic N) is 11. The van der Waals surface area contributed by atoms with Crippen LogP contribution in [-0.4, -0.2) is 72.8 Å². The molecule has 0 saturated heterocycles. The van der Waals surface area contributed by atoms with Crippen molar-refractivity contribution in [2.45, 2.75) is 39.3 Å². The fourth-order valence-corrected chi connectivity index (χ4v) is 6.03. The van der Waals surface area contributed by atoms with Crippen LogP contribution in [0, 0.1) is 0 Å². The third-order valence-electron chi connectivity index (χ3n) is 9.06. The predicted molar refractivity (Wildman–Crippen MR) is 236 cm³/mol. The maximum Gasteiger partial charge on any atom is 0.256 e. The van der Waals surface area contributed by atoms with Crippen LogP contribution in [0.25, 0.3) is 0 Å². The average Bonchev–Trinajstić information content (AvgIpc) is 3.36. The summed E-state index contributed by atoms with van der Waals surface area (Å²) in [7, 11) is 0. The number of carbonyl (C=O) groups excluding carboxylic acids is 3. The van der Waals surface area contributed by atoms with Gasteiger partial charge in [0.25, 0.3) is 11.8 Å². The van der Waals surface area contributed by atoms with Gasteiger partial charge in [-0.2, -0.15) is 0 Å². The normalized spacial score (nSPS) is 10.2. The van der Waals surface area contributed by atoms with Crippen molar-refractivity contribution in [2.75, 3.05) is 0 Å². The summed E-state index contributed by atoms with van der Waals surface area (Å²) in [6.07, 6.45) is 17.6. The average molecular weight is 836 g/mol. The second kappa shape index (κ2) is 24.6. The Bertz CT molecular complexity index is 2260. The van der Waals surface area contributed by atoms with E-state index in [0.29, 0.717) is 50.4 Å². The number of aromatic nitrogens is 8. The third-order valence-corrected chi connectivity index (χ3v) is 9.06. The molecule has 0 N–H and O–H groups in total. The Hall–Kier alpha value is -8.39. The molecule has 0 aliphatic rings. The Balaban J connectivity index is 0.000000159. The van der Waals surface area contributed by atoms with Gasteiger partial charge in [0.15, 0.2) is 0 Å². The summed E-state index contributed by atoms with van der Waals surface area (Å²) in [5.74, 6) is -0.155. The molecule has 0 unspecified atom stereocenters. The highest BCUT2D eigenvalue weighted by molar-refractivity contribution is 5.94. The molecule has 63 heavy (non-hydrogen) atoms. The standard InChI is InChI=1S/2C18H16N4O.C13H13N3O/c23-18(15-6-5-9-19-12-15)22(13-16-7-1-3-10-20-16)14-17-8-2-4-11-21-17;23-18(15-7-11-19-12-8-15)22(13-16-5-1-3-9-20-16)14-17-6-2-4-10-21-17;17-11-16(9-12-5-1-3-7-14-12)10-13-6-2-4-8-15-13/h2*1-12H,13-14H2;1-8,11H,9-10H2. The lowest BCUT2D eigenvalue weighted by atomic mass is 10.2. The SMILES string of the molecule is O=C(c1cccnc1)N(Cc1ccccn1)Cc1ccccn1.O=C(c1ccncc1)N(Cc1ccccn1)Cc1ccccn1.O=CN(Cc1ccccn1)Cc1ccccn1. The lowest BCUT2D eigenvalue weighted by molar-refractivity contribution is -0.119. The Morgan fingerprint density at radius 3 is 1.02 bits per heavy atom. The van der Waals surface area contributed by atoms with Gasteiger partial charge in [-0.15, -0.1) is 0 Å². The predicted octanol–water partition coefficient (Wildman–Crippen LogP) is 7.06. The monoisotopic (exact) mass is 835 g/mol. The van der Waals surface area contributed by atoms with E-state index >= 15 is 0 Å². The molecule has 8 rings (SSSR count). The zero-order chi connectivity index (χ0) is 43.7. The lowest BCUT2D eigenvalue weighted by Crippen LogP contribution is -2.30. The molecular formula is C49H45N11O3. The number of hydrogen-bond acceptors (Lipinski definition) is 11. The van der Waals surface area contributed by atoms with Crippen LogP contribution in [0.3, 0.4) is 0 Å². The minimum atomic E-state index is -0.0885. The van der Waals surface area contributed by atoms with Gasteiger partial charge in [0.1, 0.15) is 0 Å². The van der Waals surface area contributed by atoms with Crippen LogP contribution in [0.5, 0.6) is 0 Å². The molecule has 8 aromatic rings. The minimum absolute atomic E-state index is 0.0660. The first-order chi connectivity index (χ1) is 31.0. The fraction of sp³-hybridized carbons (Fsp3) is 0.122. The second-order valence-electron chi connectivity index (χ2n) is 13.7. The summed E-state index contributed by atoms with van der Waals surface area (Å²) in [6.45, 7) is 2.70. The lowest BCUT2D eigenvalue weighted by Gasteiger charge is -2.22. The largest absolute Gasteiger partial charge is 0.333 e. The molecular weight excluding hydrogens is 791 g/mol. The van der Waals surface area contributed by atoms with E-state index in [0.717, 1.165) is 40.6 Å². The van der Waals surface area contributed by atoms with Crippen molar-refractivity contribution in [3.63, 3.8) is 0 Å². The van der Waals surface area contributed by atoms with Crippen LogP contribution in [0.15, 0.2) is 195 Å². The summed E-state index contributed by atoms with van der Waals surface area (Å²) in [6, 6.07) is 41.0. The van der Waals surface area contributed by atoms with Gasteiger partial charge in [0, 0.05) is 67.5 Å². The summed E-state index contributed by atoms with van der Waals surface area (Å²) >= 11 is 0. The molecule has 3 amide bonds. The first kappa shape index (κ1) is 44.2. The Kier molecular flexibility index (Phi) is 17.3. The van der Waals surface area contributed by atoms with Crippen LogP contribution in [0.1, 0.15) is 54.9 Å². The van der Waals surface area contributed by atoms with Crippen molar-refractivity contribution in [3.8, 4) is 0 Å². The highest BCUT2D eigenvalue weighted by Gasteiger charge is 2.19. The van der Waals surface area contributed by atoms with Gasteiger partial charge in [-0.05, 0) is 97.1 Å². The zero-order valence-electron chi connectivity index (χ0n) is 34.4. The van der Waals surface area contributed by atoms with Crippen LogP contribution >= 0.6 is 0 Å². The number of amides is 3. The summed E-state index contributed by atoms with van der Waals surface area (Å²) < 4.78 is 0. The van der Waals surface area contributed by atoms with Crippen LogP contribution < -0.4 is 0 Å². The van der Waals surface area contributed by atoms with E-state index in [4.69, 9.17) is 0 Å². The van der Waals surface area contributed by atoms with E-state index in [2.05, 4.69) is 39.9 Å². The van der Waals surface area contributed by atoms with E-state index < -0.39 is 0 Å². The number of hydrogen-bond donors (Lipinski definition) is 0. The molecule has 14 nitrogen and oxygen atoms in total. The van der Waals surface area contributed by atoms with E-state index in [-0.39, 0.29) is 11.8 Å². The summed E-state index contributed by atoms with van der Waals surface area (Å²) in [5, 5.41) is 0. The van der Waals surface area contributed by atoms with E-state index in [1.54, 1.807) is 101 Å². The first-order valence-electron chi connectivity index (χ1n) is 20.0. The zero-order valence-corrected chi connectivity index (χ0v) is 34.4. The van der Waals surface area contributed by atoms with E-state index in [1.165, 1.54) is 0 Å². The van der Waals surface area contributed by atoms with Crippen molar-refractivity contribution in [1.29, 1.82) is 0 Å². The minimum Gasteiger partial charge on any atom is -0.333 e. The fourth-order valence-electron chi connectivity index (χ4n) is 6.03. The molecule has 8 heterocycles. The molecule has 0 fully saturated rings. The Labute approximate surface area is 366 Å². The van der Waals surface area contributed by atoms with Crippen molar-refractivity contribution < 1.29 is 14.4 Å². The maximum absolute atomic E-state index is 12.8. The van der Waals surface area contributed by atoms with Gasteiger partial charge in [-0.25, -0.2) is 0 Å². The third kappa shape index (κ3) is 15.0. The molecule has 0 aliphatic carbocycles. The van der Waals surface area contributed by atoms with Crippen LogP contribution in [0.4, 0.5) is 0 Å². The molecule has 0 bridgehead atoms. The molecule has 8 aromatic heterocycles. The molecule has 14 heteroatoms. The topological polar surface area (TPSA) is 164 Å². The smallest absolute Gasteiger partial charge is 0.256 e. The molecule has 314 valence electrons. The van der Waals surface area contributed by atoms with Crippen LogP contribution in [-0.2, 0) is 44.1 Å². The van der Waals surface area contributed by atoms with E-state index in [9.17, 15) is 14.4 Å². The second-order valence-corrected chi connectivity index (χ2v) is 13.7. The van der Waals surface area contributed by atoms with Crippen LogP contribution in [0.2, 0.25) is 0 Å². The van der Waals surface area contributed by atoms with E-state index in [1.807, 2.05) is 109 Å². The van der Waals surface area contributed by atoms with Gasteiger partial charge >= 0.3 is 0 Å². The Morgan fingerprint density at radius 1 is 0.365 bits per heavy atom. The quantitative estimate of drug-likeness (QED) is 0.0972. The number of carbonyl (C=O) groups is 3. The first-order valence-corrected chi connectivity index (χ1v) is 20.0.